The molecule has 106 valence electrons. The van der Waals surface area contributed by atoms with Crippen molar-refractivity contribution in [2.24, 2.45) is 0 Å². The number of rotatable bonds is 3. The fraction of sp³-hybridized carbons (Fsp3) is 0.500. The monoisotopic (exact) mass is 273 g/mol. The van der Waals surface area contributed by atoms with Crippen molar-refractivity contribution >= 4 is 22.7 Å². The van der Waals surface area contributed by atoms with Crippen molar-refractivity contribution in [2.75, 3.05) is 11.1 Å². The number of nitrogens with two attached hydrogens (primary N) is 1. The van der Waals surface area contributed by atoms with Gasteiger partial charge >= 0.3 is 0 Å². The molecule has 2 aromatic rings. The Morgan fingerprint density at radius 3 is 2.95 bits per heavy atom. The molecule has 0 amide bonds. The van der Waals surface area contributed by atoms with Crippen LogP contribution in [0.15, 0.2) is 12.3 Å². The molecule has 0 unspecified atom stereocenters. The number of aromatic nitrogens is 3. The van der Waals surface area contributed by atoms with Gasteiger partial charge in [-0.05, 0) is 31.7 Å². The van der Waals surface area contributed by atoms with E-state index < -0.39 is 0 Å². The number of fused-ring (bicyclic) bond motifs is 1. The summed E-state index contributed by atoms with van der Waals surface area (Å²) >= 11 is 0. The predicted molar refractivity (Wildman–Crippen MR) is 78.4 cm³/mol. The molecular formula is C14H19N5O. The molecule has 6 heteroatoms. The first kappa shape index (κ1) is 13.1. The summed E-state index contributed by atoms with van der Waals surface area (Å²) in [7, 11) is 0. The van der Waals surface area contributed by atoms with Gasteiger partial charge in [0.1, 0.15) is 11.3 Å². The maximum atomic E-state index is 9.61. The first-order valence-electron chi connectivity index (χ1n) is 7.03. The molecule has 0 saturated heterocycles. The molecule has 1 aliphatic rings. The molecule has 2 atom stereocenters. The Labute approximate surface area is 117 Å². The van der Waals surface area contributed by atoms with E-state index in [4.69, 9.17) is 5.73 Å². The van der Waals surface area contributed by atoms with Gasteiger partial charge in [0.2, 0.25) is 0 Å². The van der Waals surface area contributed by atoms with Crippen LogP contribution in [0.4, 0.5) is 11.6 Å². The summed E-state index contributed by atoms with van der Waals surface area (Å²) in [6, 6.07) is 2.08. The molecular weight excluding hydrogens is 254 g/mol. The molecule has 6 nitrogen and oxygen atoms in total. The summed E-state index contributed by atoms with van der Waals surface area (Å²) in [5.41, 5.74) is 8.13. The van der Waals surface area contributed by atoms with E-state index in [0.717, 1.165) is 42.7 Å². The lowest BCUT2D eigenvalue weighted by molar-refractivity contribution is 0.182. The number of nitrogens with zero attached hydrogens (tertiary/aromatic N) is 3. The summed E-state index contributed by atoms with van der Waals surface area (Å²) in [5.74, 6) is 1.21. The fourth-order valence-corrected chi connectivity index (χ4v) is 2.68. The molecule has 0 spiro atoms. The molecule has 0 aromatic carbocycles. The van der Waals surface area contributed by atoms with Crippen LogP contribution < -0.4 is 11.1 Å². The third-order valence-electron chi connectivity index (χ3n) is 3.76. The molecule has 1 saturated carbocycles. The number of nitrogens with one attached hydrogen (secondary N) is 1. The number of aliphatic hydroxyl groups excluding tert-OH is 1. The van der Waals surface area contributed by atoms with Gasteiger partial charge in [-0.25, -0.2) is 15.0 Å². The highest BCUT2D eigenvalue weighted by Gasteiger charge is 2.24. The molecule has 0 radical (unpaired) electrons. The molecule has 20 heavy (non-hydrogen) atoms. The van der Waals surface area contributed by atoms with Crippen molar-refractivity contribution in [3.8, 4) is 0 Å². The Hall–Kier alpha value is -1.95. The summed E-state index contributed by atoms with van der Waals surface area (Å²) in [4.78, 5) is 13.2. The van der Waals surface area contributed by atoms with Gasteiger partial charge in [-0.2, -0.15) is 0 Å². The third-order valence-corrected chi connectivity index (χ3v) is 3.76. The Kier molecular flexibility index (Phi) is 3.40. The Bertz CT molecular complexity index is 630. The lowest BCUT2D eigenvalue weighted by Crippen LogP contribution is -2.19. The van der Waals surface area contributed by atoms with Gasteiger partial charge in [-0.15, -0.1) is 0 Å². The maximum Gasteiger partial charge on any atom is 0.151 e. The topological polar surface area (TPSA) is 97.0 Å². The summed E-state index contributed by atoms with van der Waals surface area (Å²) < 4.78 is 0. The van der Waals surface area contributed by atoms with E-state index in [-0.39, 0.29) is 12.1 Å². The highest BCUT2D eigenvalue weighted by molar-refractivity contribution is 5.85. The zero-order valence-corrected chi connectivity index (χ0v) is 11.5. The molecule has 2 heterocycles. The molecule has 3 rings (SSSR count). The van der Waals surface area contributed by atoms with Crippen molar-refractivity contribution < 1.29 is 5.11 Å². The van der Waals surface area contributed by atoms with Crippen LogP contribution in [0.1, 0.15) is 31.9 Å². The smallest absolute Gasteiger partial charge is 0.151 e. The lowest BCUT2D eigenvalue weighted by atomic mass is 10.2. The third kappa shape index (κ3) is 2.38. The average molecular weight is 273 g/mol. The molecule has 0 bridgehead atoms. The Balaban J connectivity index is 1.97. The lowest BCUT2D eigenvalue weighted by Gasteiger charge is -2.16. The largest absolute Gasteiger partial charge is 0.393 e. The highest BCUT2D eigenvalue weighted by atomic mass is 16.3. The van der Waals surface area contributed by atoms with Crippen molar-refractivity contribution in [3.05, 3.63) is 18.0 Å². The second-order valence-electron chi connectivity index (χ2n) is 5.24. The van der Waals surface area contributed by atoms with Gasteiger partial charge in [0.05, 0.1) is 17.3 Å². The minimum atomic E-state index is -0.203. The SMILES string of the molecule is CCc1nc2c(N)nccc2nc1N[C@@H]1CC[C@H](O)C1. The van der Waals surface area contributed by atoms with E-state index in [1.807, 2.05) is 13.0 Å². The fourth-order valence-electron chi connectivity index (χ4n) is 2.68. The van der Waals surface area contributed by atoms with E-state index in [9.17, 15) is 5.11 Å². The molecule has 1 fully saturated rings. The first-order valence-corrected chi connectivity index (χ1v) is 7.03. The minimum Gasteiger partial charge on any atom is -0.393 e. The number of hydrogen-bond donors (Lipinski definition) is 3. The number of aliphatic hydroxyl groups is 1. The van der Waals surface area contributed by atoms with E-state index in [1.165, 1.54) is 0 Å². The van der Waals surface area contributed by atoms with Crippen molar-refractivity contribution in [1.82, 2.24) is 15.0 Å². The van der Waals surface area contributed by atoms with Crippen LogP contribution in [-0.4, -0.2) is 32.2 Å². The zero-order valence-electron chi connectivity index (χ0n) is 11.5. The van der Waals surface area contributed by atoms with E-state index in [1.54, 1.807) is 6.20 Å². The molecule has 4 N–H and O–H groups in total. The molecule has 0 aliphatic heterocycles. The number of anilines is 2. The van der Waals surface area contributed by atoms with Crippen LogP contribution >= 0.6 is 0 Å². The Morgan fingerprint density at radius 1 is 1.40 bits per heavy atom. The van der Waals surface area contributed by atoms with Gasteiger partial charge < -0.3 is 16.2 Å². The molecule has 2 aromatic heterocycles. The van der Waals surface area contributed by atoms with Crippen LogP contribution in [0.3, 0.4) is 0 Å². The van der Waals surface area contributed by atoms with Crippen LogP contribution in [0, 0.1) is 0 Å². The van der Waals surface area contributed by atoms with Gasteiger partial charge in [0.25, 0.3) is 0 Å². The second-order valence-corrected chi connectivity index (χ2v) is 5.24. The average Bonchev–Trinajstić information content (AvgIpc) is 2.84. The van der Waals surface area contributed by atoms with Crippen LogP contribution in [0.2, 0.25) is 0 Å². The summed E-state index contributed by atoms with van der Waals surface area (Å²) in [5, 5.41) is 13.0. The zero-order chi connectivity index (χ0) is 14.1. The number of hydrogen-bond acceptors (Lipinski definition) is 6. The first-order chi connectivity index (χ1) is 9.67. The van der Waals surface area contributed by atoms with Crippen LogP contribution in [0.5, 0.6) is 0 Å². The minimum absolute atomic E-state index is 0.203. The maximum absolute atomic E-state index is 9.61. The van der Waals surface area contributed by atoms with Crippen LogP contribution in [0.25, 0.3) is 11.0 Å². The van der Waals surface area contributed by atoms with Gasteiger partial charge in [-0.1, -0.05) is 6.92 Å². The van der Waals surface area contributed by atoms with Crippen LogP contribution in [-0.2, 0) is 6.42 Å². The normalized spacial score (nSPS) is 22.3. The summed E-state index contributed by atoms with van der Waals surface area (Å²) in [6.45, 7) is 2.04. The van der Waals surface area contributed by atoms with E-state index >= 15 is 0 Å². The van der Waals surface area contributed by atoms with Crippen molar-refractivity contribution in [1.29, 1.82) is 0 Å². The van der Waals surface area contributed by atoms with Crippen molar-refractivity contribution in [3.63, 3.8) is 0 Å². The number of aryl methyl sites for hydroxylation is 1. The van der Waals surface area contributed by atoms with Crippen molar-refractivity contribution in [2.45, 2.75) is 44.8 Å². The Morgan fingerprint density at radius 2 is 2.25 bits per heavy atom. The van der Waals surface area contributed by atoms with Gasteiger partial charge in [0.15, 0.2) is 5.82 Å². The second kappa shape index (κ2) is 5.20. The van der Waals surface area contributed by atoms with E-state index in [0.29, 0.717) is 11.3 Å². The standard InChI is InChI=1S/C14H19N5O/c1-2-10-14(17-8-3-4-9(20)7-8)19-11-5-6-16-13(15)12(11)18-10/h5-6,8-9,20H,2-4,7H2,1H3,(H2,15,16)(H,17,19)/t8-,9+/m1/s1. The molecule has 1 aliphatic carbocycles. The van der Waals surface area contributed by atoms with E-state index in [2.05, 4.69) is 20.3 Å². The number of nitrogen functional groups attached to an aromatic ring is 1. The summed E-state index contributed by atoms with van der Waals surface area (Å²) in [6.07, 6.45) is 4.78. The van der Waals surface area contributed by atoms with Gasteiger partial charge in [0, 0.05) is 12.2 Å². The quantitative estimate of drug-likeness (QED) is 0.784. The van der Waals surface area contributed by atoms with Gasteiger partial charge in [-0.3, -0.25) is 0 Å². The predicted octanol–water partition coefficient (Wildman–Crippen LogP) is 1.49. The number of pyridine rings is 1. The highest BCUT2D eigenvalue weighted by Crippen LogP contribution is 2.25.